The summed E-state index contributed by atoms with van der Waals surface area (Å²) in [6, 6.07) is 22.3. The summed E-state index contributed by atoms with van der Waals surface area (Å²) in [5.74, 6) is 0.342. The summed E-state index contributed by atoms with van der Waals surface area (Å²) in [6.45, 7) is 6.49. The average molecular weight is 530 g/mol. The highest BCUT2D eigenvalue weighted by Gasteiger charge is 2.55. The van der Waals surface area contributed by atoms with Gasteiger partial charge in [-0.05, 0) is 69.3 Å². The molecule has 6 rings (SSSR count). The van der Waals surface area contributed by atoms with Crippen LogP contribution in [-0.4, -0.2) is 78.1 Å². The van der Waals surface area contributed by atoms with Crippen LogP contribution in [0.4, 0.5) is 5.69 Å². The lowest BCUT2D eigenvalue weighted by Gasteiger charge is -2.51. The van der Waals surface area contributed by atoms with Crippen molar-refractivity contribution in [2.24, 2.45) is 5.73 Å². The number of carbonyl (C=O) groups is 1. The highest BCUT2D eigenvalue weighted by Crippen LogP contribution is 2.46. The summed E-state index contributed by atoms with van der Waals surface area (Å²) in [6.07, 6.45) is 11.6. The molecule has 4 fully saturated rings. The van der Waals surface area contributed by atoms with Crippen molar-refractivity contribution >= 4 is 11.6 Å². The van der Waals surface area contributed by atoms with E-state index in [1.165, 1.54) is 49.8 Å². The van der Waals surface area contributed by atoms with Crippen molar-refractivity contribution in [2.45, 2.75) is 81.3 Å². The molecule has 0 bridgehead atoms. The van der Waals surface area contributed by atoms with Crippen LogP contribution in [0.5, 0.6) is 0 Å². The van der Waals surface area contributed by atoms with Crippen molar-refractivity contribution in [3.05, 3.63) is 66.2 Å². The molecule has 6 heteroatoms. The van der Waals surface area contributed by atoms with E-state index in [1.807, 2.05) is 0 Å². The van der Waals surface area contributed by atoms with Gasteiger partial charge in [0.15, 0.2) is 0 Å². The first-order valence-corrected chi connectivity index (χ1v) is 15.5. The van der Waals surface area contributed by atoms with E-state index in [0.717, 1.165) is 65.0 Å². The van der Waals surface area contributed by atoms with Gasteiger partial charge in [-0.25, -0.2) is 0 Å². The van der Waals surface area contributed by atoms with Gasteiger partial charge >= 0.3 is 0 Å². The summed E-state index contributed by atoms with van der Waals surface area (Å²) >= 11 is 0. The van der Waals surface area contributed by atoms with Gasteiger partial charge in [-0.3, -0.25) is 9.69 Å². The number of benzene rings is 2. The molecule has 1 amide bonds. The molecule has 3 heterocycles. The molecule has 3 saturated heterocycles. The van der Waals surface area contributed by atoms with Crippen LogP contribution in [0.15, 0.2) is 60.7 Å². The second-order valence-electron chi connectivity index (χ2n) is 12.5. The van der Waals surface area contributed by atoms with E-state index in [9.17, 15) is 4.79 Å². The maximum atomic E-state index is 14.3. The fraction of sp³-hybridized carbons (Fsp3) is 0.606. The quantitative estimate of drug-likeness (QED) is 0.545. The number of hydrogen-bond acceptors (Lipinski definition) is 5. The molecule has 0 radical (unpaired) electrons. The SMILES string of the molecule is NC1CCN(CCN2CN(c3ccccc3)C3(CCN(C4(c5ccccc5)CCCCCC4)CC3)C2=O)CC1. The van der Waals surface area contributed by atoms with Gasteiger partial charge in [-0.1, -0.05) is 74.2 Å². The normalized spacial score (nSPS) is 24.8. The Bertz CT molecular complexity index is 1070. The van der Waals surface area contributed by atoms with E-state index < -0.39 is 5.54 Å². The van der Waals surface area contributed by atoms with Crippen LogP contribution in [0.1, 0.15) is 69.8 Å². The molecule has 2 N–H and O–H groups in total. The molecule has 39 heavy (non-hydrogen) atoms. The smallest absolute Gasteiger partial charge is 0.250 e. The predicted molar refractivity (Wildman–Crippen MR) is 159 cm³/mol. The van der Waals surface area contributed by atoms with Gasteiger partial charge in [0.05, 0.1) is 6.67 Å². The summed E-state index contributed by atoms with van der Waals surface area (Å²) in [7, 11) is 0. The molecular weight excluding hydrogens is 482 g/mol. The molecular formula is C33H47N5O. The molecule has 1 spiro atoms. The summed E-state index contributed by atoms with van der Waals surface area (Å²) < 4.78 is 0. The minimum absolute atomic E-state index is 0.105. The van der Waals surface area contributed by atoms with Crippen LogP contribution in [0, 0.1) is 0 Å². The molecule has 210 valence electrons. The van der Waals surface area contributed by atoms with Crippen molar-refractivity contribution < 1.29 is 4.79 Å². The molecule has 0 unspecified atom stereocenters. The Morgan fingerprint density at radius 3 is 1.97 bits per heavy atom. The van der Waals surface area contributed by atoms with E-state index >= 15 is 0 Å². The maximum absolute atomic E-state index is 14.3. The molecule has 1 aliphatic carbocycles. The third-order valence-corrected chi connectivity index (χ3v) is 10.3. The number of amides is 1. The van der Waals surface area contributed by atoms with Gasteiger partial charge in [-0.15, -0.1) is 0 Å². The Hall–Kier alpha value is -2.41. The Morgan fingerprint density at radius 2 is 1.33 bits per heavy atom. The van der Waals surface area contributed by atoms with Crippen molar-refractivity contribution in [1.29, 1.82) is 0 Å². The van der Waals surface area contributed by atoms with Crippen molar-refractivity contribution in [3.63, 3.8) is 0 Å². The molecule has 3 aliphatic heterocycles. The van der Waals surface area contributed by atoms with Crippen LogP contribution >= 0.6 is 0 Å². The summed E-state index contributed by atoms with van der Waals surface area (Å²) in [5.41, 5.74) is 8.45. The molecule has 6 nitrogen and oxygen atoms in total. The van der Waals surface area contributed by atoms with E-state index in [0.29, 0.717) is 18.6 Å². The van der Waals surface area contributed by atoms with Gasteiger partial charge in [0.1, 0.15) is 5.54 Å². The minimum Gasteiger partial charge on any atom is -0.339 e. The number of nitrogens with two attached hydrogens (primary N) is 1. The molecule has 0 aromatic heterocycles. The van der Waals surface area contributed by atoms with E-state index in [1.54, 1.807) is 0 Å². The lowest BCUT2D eigenvalue weighted by Crippen LogP contribution is -2.60. The Kier molecular flexibility index (Phi) is 7.97. The number of piperidine rings is 2. The van der Waals surface area contributed by atoms with Crippen LogP contribution in [-0.2, 0) is 10.3 Å². The zero-order chi connectivity index (χ0) is 26.7. The maximum Gasteiger partial charge on any atom is 0.250 e. The fourth-order valence-corrected chi connectivity index (χ4v) is 7.97. The first-order valence-electron chi connectivity index (χ1n) is 15.5. The molecule has 4 aliphatic rings. The molecule has 2 aromatic rings. The number of hydrogen-bond donors (Lipinski definition) is 1. The third-order valence-electron chi connectivity index (χ3n) is 10.3. The third kappa shape index (κ3) is 5.23. The minimum atomic E-state index is -0.440. The average Bonchev–Trinajstić information content (AvgIpc) is 3.13. The Morgan fingerprint density at radius 1 is 0.718 bits per heavy atom. The standard InChI is InChI=1S/C33H47N5O/c34-29-15-21-35(22-16-29)25-26-36-27-38(30-13-7-4-8-14-30)33(31(36)39)19-23-37(24-20-33)32(17-9-1-2-10-18-32)28-11-5-3-6-12-28/h3-8,11-14,29H,1-2,9-10,15-27,34H2. The first-order chi connectivity index (χ1) is 19.1. The Balaban J connectivity index is 1.22. The van der Waals surface area contributed by atoms with Crippen LogP contribution in [0.25, 0.3) is 0 Å². The van der Waals surface area contributed by atoms with Crippen molar-refractivity contribution in [2.75, 3.05) is 50.8 Å². The van der Waals surface area contributed by atoms with E-state index in [4.69, 9.17) is 5.73 Å². The summed E-state index contributed by atoms with van der Waals surface area (Å²) in [4.78, 5) is 24.2. The van der Waals surface area contributed by atoms with Gasteiger partial charge < -0.3 is 20.4 Å². The van der Waals surface area contributed by atoms with E-state index in [-0.39, 0.29) is 5.54 Å². The molecule has 2 aromatic carbocycles. The monoisotopic (exact) mass is 529 g/mol. The van der Waals surface area contributed by atoms with E-state index in [2.05, 4.69) is 80.3 Å². The van der Waals surface area contributed by atoms with Crippen LogP contribution in [0.3, 0.4) is 0 Å². The van der Waals surface area contributed by atoms with Crippen LogP contribution < -0.4 is 10.6 Å². The second kappa shape index (κ2) is 11.6. The van der Waals surface area contributed by atoms with Crippen molar-refractivity contribution in [3.8, 4) is 0 Å². The number of rotatable bonds is 6. The zero-order valence-electron chi connectivity index (χ0n) is 23.6. The number of carbonyl (C=O) groups excluding carboxylic acids is 1. The van der Waals surface area contributed by atoms with Gasteiger partial charge in [0.2, 0.25) is 5.91 Å². The lowest BCUT2D eigenvalue weighted by atomic mass is 9.77. The Labute approximate surface area is 235 Å². The number of nitrogens with zero attached hydrogens (tertiary/aromatic N) is 4. The fourth-order valence-electron chi connectivity index (χ4n) is 7.97. The zero-order valence-corrected chi connectivity index (χ0v) is 23.6. The highest BCUT2D eigenvalue weighted by molar-refractivity contribution is 5.93. The first kappa shape index (κ1) is 26.8. The lowest BCUT2D eigenvalue weighted by molar-refractivity contribution is -0.134. The second-order valence-corrected chi connectivity index (χ2v) is 12.5. The molecule has 1 saturated carbocycles. The predicted octanol–water partition coefficient (Wildman–Crippen LogP) is 4.80. The summed E-state index contributed by atoms with van der Waals surface area (Å²) in [5, 5.41) is 0. The van der Waals surface area contributed by atoms with Gasteiger partial charge in [0.25, 0.3) is 0 Å². The van der Waals surface area contributed by atoms with Gasteiger partial charge in [0, 0.05) is 43.4 Å². The van der Waals surface area contributed by atoms with Crippen molar-refractivity contribution in [1.82, 2.24) is 14.7 Å². The largest absolute Gasteiger partial charge is 0.339 e. The number of para-hydroxylation sites is 1. The topological polar surface area (TPSA) is 56.1 Å². The van der Waals surface area contributed by atoms with Crippen LogP contribution in [0.2, 0.25) is 0 Å². The molecule has 0 atom stereocenters. The number of likely N-dealkylation sites (tertiary alicyclic amines) is 2. The highest BCUT2D eigenvalue weighted by atomic mass is 16.2. The van der Waals surface area contributed by atoms with Gasteiger partial charge in [-0.2, -0.15) is 0 Å². The number of anilines is 1.